The second-order valence-corrected chi connectivity index (χ2v) is 5.43. The quantitative estimate of drug-likeness (QED) is 0.712. The Labute approximate surface area is 136 Å². The molecule has 3 aromatic carbocycles. The molecule has 0 atom stereocenters. The van der Waals surface area contributed by atoms with Gasteiger partial charge in [0.25, 0.3) is 5.91 Å². The van der Waals surface area contributed by atoms with Gasteiger partial charge in [0, 0.05) is 12.4 Å². The number of amides is 1. The van der Waals surface area contributed by atoms with Crippen LogP contribution < -0.4 is 4.90 Å². The lowest BCUT2D eigenvalue weighted by Gasteiger charge is -2.19. The van der Waals surface area contributed by atoms with Gasteiger partial charge in [-0.2, -0.15) is 0 Å². The summed E-state index contributed by atoms with van der Waals surface area (Å²) in [6.07, 6.45) is 0. The lowest BCUT2D eigenvalue weighted by Crippen LogP contribution is -2.30. The number of anilines is 1. The highest BCUT2D eigenvalue weighted by atomic mass is 16.5. The average molecular weight is 305 g/mol. The van der Waals surface area contributed by atoms with Gasteiger partial charge in [0.05, 0.1) is 12.3 Å². The molecule has 0 spiro atoms. The molecule has 0 bridgehead atoms. The summed E-state index contributed by atoms with van der Waals surface area (Å²) in [6, 6.07) is 23.9. The van der Waals surface area contributed by atoms with Gasteiger partial charge in [-0.15, -0.1) is 0 Å². The number of fused-ring (bicyclic) bond motifs is 1. The Kier molecular flexibility index (Phi) is 4.69. The van der Waals surface area contributed by atoms with Crippen LogP contribution in [0.25, 0.3) is 10.8 Å². The van der Waals surface area contributed by atoms with E-state index < -0.39 is 0 Å². The van der Waals surface area contributed by atoms with E-state index in [4.69, 9.17) is 4.74 Å². The number of rotatable bonds is 5. The van der Waals surface area contributed by atoms with E-state index >= 15 is 0 Å². The van der Waals surface area contributed by atoms with Gasteiger partial charge in [-0.3, -0.25) is 4.79 Å². The van der Waals surface area contributed by atoms with E-state index in [1.807, 2.05) is 72.8 Å². The lowest BCUT2D eigenvalue weighted by atomic mass is 10.1. The fourth-order valence-electron chi connectivity index (χ4n) is 2.56. The highest BCUT2D eigenvalue weighted by Gasteiger charge is 2.13. The van der Waals surface area contributed by atoms with Crippen molar-refractivity contribution in [2.45, 2.75) is 6.61 Å². The molecule has 0 saturated carbocycles. The van der Waals surface area contributed by atoms with Crippen molar-refractivity contribution in [1.82, 2.24) is 0 Å². The molecule has 3 rings (SSSR count). The van der Waals surface area contributed by atoms with Gasteiger partial charge < -0.3 is 9.64 Å². The average Bonchev–Trinajstić information content (AvgIpc) is 2.61. The fraction of sp³-hybridized carbons (Fsp3) is 0.150. The van der Waals surface area contributed by atoms with Crippen LogP contribution in [0, 0.1) is 0 Å². The predicted molar refractivity (Wildman–Crippen MR) is 93.5 cm³/mol. The SMILES string of the molecule is CN(C(=O)COCc1ccccc1)c1cccc2ccccc12. The Hall–Kier alpha value is -2.65. The van der Waals surface area contributed by atoms with E-state index in [9.17, 15) is 4.79 Å². The van der Waals surface area contributed by atoms with Crippen molar-refractivity contribution in [3.8, 4) is 0 Å². The monoisotopic (exact) mass is 305 g/mol. The van der Waals surface area contributed by atoms with Gasteiger partial charge in [-0.05, 0) is 17.0 Å². The molecular weight excluding hydrogens is 286 g/mol. The molecule has 0 aliphatic rings. The first kappa shape index (κ1) is 15.3. The van der Waals surface area contributed by atoms with Crippen molar-refractivity contribution >= 4 is 22.4 Å². The molecule has 23 heavy (non-hydrogen) atoms. The van der Waals surface area contributed by atoms with Crippen LogP contribution in [-0.2, 0) is 16.1 Å². The molecule has 0 N–H and O–H groups in total. The largest absolute Gasteiger partial charge is 0.367 e. The highest BCUT2D eigenvalue weighted by molar-refractivity contribution is 6.03. The molecule has 0 aromatic heterocycles. The van der Waals surface area contributed by atoms with Crippen molar-refractivity contribution < 1.29 is 9.53 Å². The van der Waals surface area contributed by atoms with Crippen LogP contribution in [-0.4, -0.2) is 19.6 Å². The van der Waals surface area contributed by atoms with E-state index in [0.717, 1.165) is 22.0 Å². The molecule has 3 aromatic rings. The molecule has 0 saturated heterocycles. The first-order chi connectivity index (χ1) is 11.3. The molecule has 0 fully saturated rings. The van der Waals surface area contributed by atoms with Crippen LogP contribution in [0.3, 0.4) is 0 Å². The molecular formula is C20H19NO2. The van der Waals surface area contributed by atoms with Crippen molar-refractivity contribution in [3.05, 3.63) is 78.4 Å². The minimum Gasteiger partial charge on any atom is -0.367 e. The number of carbonyl (C=O) groups excluding carboxylic acids is 1. The van der Waals surface area contributed by atoms with Crippen molar-refractivity contribution in [1.29, 1.82) is 0 Å². The number of benzene rings is 3. The minimum atomic E-state index is -0.0581. The lowest BCUT2D eigenvalue weighted by molar-refractivity contribution is -0.123. The normalized spacial score (nSPS) is 10.7. The molecule has 0 aliphatic heterocycles. The molecule has 3 heteroatoms. The Morgan fingerprint density at radius 3 is 2.43 bits per heavy atom. The van der Waals surface area contributed by atoms with Gasteiger partial charge in [0.15, 0.2) is 0 Å². The van der Waals surface area contributed by atoms with Gasteiger partial charge in [0.2, 0.25) is 0 Å². The summed E-state index contributed by atoms with van der Waals surface area (Å²) >= 11 is 0. The second-order valence-electron chi connectivity index (χ2n) is 5.43. The first-order valence-corrected chi connectivity index (χ1v) is 7.62. The van der Waals surface area contributed by atoms with Crippen LogP contribution in [0.4, 0.5) is 5.69 Å². The molecule has 0 unspecified atom stereocenters. The third-order valence-electron chi connectivity index (χ3n) is 3.84. The second kappa shape index (κ2) is 7.07. The Balaban J connectivity index is 1.67. The van der Waals surface area contributed by atoms with E-state index in [2.05, 4.69) is 0 Å². The summed E-state index contributed by atoms with van der Waals surface area (Å²) in [5.74, 6) is -0.0581. The van der Waals surface area contributed by atoms with E-state index in [1.165, 1.54) is 0 Å². The zero-order valence-electron chi connectivity index (χ0n) is 13.1. The summed E-state index contributed by atoms with van der Waals surface area (Å²) in [7, 11) is 1.79. The summed E-state index contributed by atoms with van der Waals surface area (Å²) in [5.41, 5.74) is 1.96. The summed E-state index contributed by atoms with van der Waals surface area (Å²) < 4.78 is 5.54. The zero-order valence-corrected chi connectivity index (χ0v) is 13.1. The Morgan fingerprint density at radius 1 is 0.913 bits per heavy atom. The predicted octanol–water partition coefficient (Wildman–Crippen LogP) is 4.02. The number of hydrogen-bond acceptors (Lipinski definition) is 2. The van der Waals surface area contributed by atoms with E-state index in [1.54, 1.807) is 11.9 Å². The van der Waals surface area contributed by atoms with Crippen molar-refractivity contribution in [2.24, 2.45) is 0 Å². The van der Waals surface area contributed by atoms with Gasteiger partial charge in [-0.1, -0.05) is 66.7 Å². The van der Waals surface area contributed by atoms with E-state index in [-0.39, 0.29) is 12.5 Å². The van der Waals surface area contributed by atoms with Crippen LogP contribution in [0.1, 0.15) is 5.56 Å². The molecule has 3 nitrogen and oxygen atoms in total. The third-order valence-corrected chi connectivity index (χ3v) is 3.84. The van der Waals surface area contributed by atoms with E-state index in [0.29, 0.717) is 6.61 Å². The maximum atomic E-state index is 12.4. The smallest absolute Gasteiger partial charge is 0.252 e. The summed E-state index contributed by atoms with van der Waals surface area (Å²) in [4.78, 5) is 14.0. The van der Waals surface area contributed by atoms with Crippen molar-refractivity contribution in [2.75, 3.05) is 18.6 Å². The van der Waals surface area contributed by atoms with Gasteiger partial charge in [0.1, 0.15) is 6.61 Å². The summed E-state index contributed by atoms with van der Waals surface area (Å²) in [5, 5.41) is 2.18. The molecule has 116 valence electrons. The highest BCUT2D eigenvalue weighted by Crippen LogP contribution is 2.25. The minimum absolute atomic E-state index is 0.0581. The standard InChI is InChI=1S/C20H19NO2/c1-21(19-13-7-11-17-10-5-6-12-18(17)19)20(22)15-23-14-16-8-3-2-4-9-16/h2-13H,14-15H2,1H3. The Bertz CT molecular complexity index is 794. The number of carbonyl (C=O) groups is 1. The van der Waals surface area contributed by atoms with Crippen molar-refractivity contribution in [3.63, 3.8) is 0 Å². The maximum absolute atomic E-state index is 12.4. The van der Waals surface area contributed by atoms with Crippen LogP contribution in [0.2, 0.25) is 0 Å². The van der Waals surface area contributed by atoms with Gasteiger partial charge >= 0.3 is 0 Å². The molecule has 0 aliphatic carbocycles. The third kappa shape index (κ3) is 3.58. The maximum Gasteiger partial charge on any atom is 0.252 e. The topological polar surface area (TPSA) is 29.5 Å². The number of likely N-dealkylation sites (N-methyl/N-ethyl adjacent to an activating group) is 1. The first-order valence-electron chi connectivity index (χ1n) is 7.62. The molecule has 1 amide bonds. The number of hydrogen-bond donors (Lipinski definition) is 0. The van der Waals surface area contributed by atoms with Crippen LogP contribution >= 0.6 is 0 Å². The van der Waals surface area contributed by atoms with Gasteiger partial charge in [-0.25, -0.2) is 0 Å². The molecule has 0 heterocycles. The summed E-state index contributed by atoms with van der Waals surface area (Å²) in [6.45, 7) is 0.505. The Morgan fingerprint density at radius 2 is 1.61 bits per heavy atom. The number of ether oxygens (including phenoxy) is 1. The zero-order chi connectivity index (χ0) is 16.1. The van der Waals surface area contributed by atoms with Crippen LogP contribution in [0.5, 0.6) is 0 Å². The molecule has 0 radical (unpaired) electrons. The fourth-order valence-corrected chi connectivity index (χ4v) is 2.56. The number of nitrogens with zero attached hydrogens (tertiary/aromatic N) is 1. The van der Waals surface area contributed by atoms with Crippen LogP contribution in [0.15, 0.2) is 72.8 Å².